The number of hydrogen-bond donors (Lipinski definition) is 1. The number of fused-ring (bicyclic) bond motifs is 2. The molecule has 4 aromatic heterocycles. The van der Waals surface area contributed by atoms with Crippen LogP contribution in [0.4, 0.5) is 8.78 Å². The van der Waals surface area contributed by atoms with Crippen molar-refractivity contribution in [3.63, 3.8) is 0 Å². The summed E-state index contributed by atoms with van der Waals surface area (Å²) in [6, 6.07) is 4.13. The number of amides is 1. The van der Waals surface area contributed by atoms with Crippen molar-refractivity contribution in [1.29, 1.82) is 0 Å². The van der Waals surface area contributed by atoms with Gasteiger partial charge in [-0.05, 0) is 48.9 Å². The number of halogens is 2. The molecule has 1 saturated heterocycles. The molecule has 0 unspecified atom stereocenters. The molecule has 10 heteroatoms. The van der Waals surface area contributed by atoms with Crippen LogP contribution in [-0.2, 0) is 0 Å². The first-order chi connectivity index (χ1) is 16.7. The molecule has 5 rings (SSSR count). The molecule has 5 heterocycles. The van der Waals surface area contributed by atoms with Gasteiger partial charge < -0.3 is 9.88 Å². The minimum absolute atomic E-state index is 0.0111. The summed E-state index contributed by atoms with van der Waals surface area (Å²) in [5, 5.41) is 4.31. The van der Waals surface area contributed by atoms with E-state index in [0.717, 1.165) is 32.7 Å². The van der Waals surface area contributed by atoms with Crippen molar-refractivity contribution in [3.05, 3.63) is 40.7 Å². The van der Waals surface area contributed by atoms with Crippen molar-refractivity contribution in [1.82, 2.24) is 29.4 Å². The number of carbonyl (C=O) groups excluding carboxylic acids is 1. The third-order valence-corrected chi connectivity index (χ3v) is 8.12. The highest BCUT2D eigenvalue weighted by Crippen LogP contribution is 2.40. The lowest BCUT2D eigenvalue weighted by Gasteiger charge is -2.36. The Bertz CT molecular complexity index is 1370. The van der Waals surface area contributed by atoms with E-state index in [1.165, 1.54) is 16.9 Å². The van der Waals surface area contributed by atoms with Crippen molar-refractivity contribution in [2.45, 2.75) is 52.0 Å². The Kier molecular flexibility index (Phi) is 6.35. The number of rotatable bonds is 6. The van der Waals surface area contributed by atoms with Crippen LogP contribution in [-0.4, -0.2) is 74.4 Å². The lowest BCUT2D eigenvalue weighted by Crippen LogP contribution is -2.46. The number of aromatic amines is 1. The van der Waals surface area contributed by atoms with Gasteiger partial charge in [0, 0.05) is 37.9 Å². The quantitative estimate of drug-likeness (QED) is 0.397. The lowest BCUT2D eigenvalue weighted by molar-refractivity contribution is 0.0488. The highest BCUT2D eigenvalue weighted by molar-refractivity contribution is 7.21. The third kappa shape index (κ3) is 4.45. The zero-order valence-corrected chi connectivity index (χ0v) is 21.2. The molecular weight excluding hydrogens is 470 g/mol. The number of likely N-dealkylation sites (tertiary alicyclic amines) is 1. The summed E-state index contributed by atoms with van der Waals surface area (Å²) in [5.74, 6) is 0.243. The first kappa shape index (κ1) is 23.9. The molecule has 7 nitrogen and oxygen atoms in total. The number of nitrogens with zero attached hydrogens (tertiary/aromatic N) is 5. The first-order valence-corrected chi connectivity index (χ1v) is 12.8. The Morgan fingerprint density at radius 1 is 1.29 bits per heavy atom. The molecule has 0 radical (unpaired) electrons. The van der Waals surface area contributed by atoms with E-state index >= 15 is 0 Å². The van der Waals surface area contributed by atoms with Crippen molar-refractivity contribution < 1.29 is 13.6 Å². The summed E-state index contributed by atoms with van der Waals surface area (Å²) >= 11 is 1.52. The molecule has 0 aliphatic carbocycles. The second-order valence-corrected chi connectivity index (χ2v) is 10.8. The van der Waals surface area contributed by atoms with Crippen LogP contribution in [0.3, 0.4) is 0 Å². The van der Waals surface area contributed by atoms with Gasteiger partial charge in [0.1, 0.15) is 6.33 Å². The Labute approximate surface area is 206 Å². The molecule has 1 aliphatic heterocycles. The number of thiophene rings is 1. The maximum Gasteiger partial charge on any atom is 0.264 e. The lowest BCUT2D eigenvalue weighted by atomic mass is 9.99. The van der Waals surface area contributed by atoms with Crippen LogP contribution in [0.5, 0.6) is 0 Å². The van der Waals surface area contributed by atoms with Crippen molar-refractivity contribution in [3.8, 4) is 11.3 Å². The average Bonchev–Trinajstić information content (AvgIpc) is 3.52. The fraction of sp³-hybridized carbons (Fsp3) is 0.480. The van der Waals surface area contributed by atoms with Crippen LogP contribution >= 0.6 is 11.3 Å². The topological polar surface area (TPSA) is 69.5 Å². The minimum Gasteiger partial charge on any atom is -0.354 e. The SMILES string of the molecule is Cc1cc(-c2[nH]c3cc(C(=O)N(C)C4CCN(CC(F)F)CC4)sc3c2C(C)C)cn2ncnc12. The number of aromatic nitrogens is 4. The molecule has 186 valence electrons. The third-order valence-electron chi connectivity index (χ3n) is 6.96. The predicted octanol–water partition coefficient (Wildman–Crippen LogP) is 5.17. The number of alkyl halides is 2. The van der Waals surface area contributed by atoms with Crippen molar-refractivity contribution in [2.75, 3.05) is 26.7 Å². The molecule has 0 aromatic carbocycles. The molecule has 4 aromatic rings. The number of hydrogen-bond acceptors (Lipinski definition) is 5. The zero-order valence-electron chi connectivity index (χ0n) is 20.4. The standard InChI is InChI=1S/C25H30F2N6OS/c1-14(2)21-22(16-9-15(3)24-28-13-29-33(24)11-16)30-18-10-19(35-23(18)21)25(34)31(4)17-5-7-32(8-6-17)12-20(26)27/h9-11,13-14,17,20,30H,5-8,12H2,1-4H3. The monoisotopic (exact) mass is 500 g/mol. The molecule has 35 heavy (non-hydrogen) atoms. The van der Waals surface area contributed by atoms with Crippen LogP contribution in [0.1, 0.15) is 53.4 Å². The molecule has 1 N–H and O–H groups in total. The molecule has 1 amide bonds. The molecular formula is C25H30F2N6OS. The number of pyridine rings is 1. The second-order valence-electron chi connectivity index (χ2n) is 9.70. The van der Waals surface area contributed by atoms with Crippen LogP contribution in [0.15, 0.2) is 24.7 Å². The van der Waals surface area contributed by atoms with E-state index < -0.39 is 6.43 Å². The summed E-state index contributed by atoms with van der Waals surface area (Å²) in [7, 11) is 1.83. The van der Waals surface area contributed by atoms with E-state index in [4.69, 9.17) is 0 Å². The molecule has 1 fully saturated rings. The summed E-state index contributed by atoms with van der Waals surface area (Å²) in [6.07, 6.45) is 2.64. The van der Waals surface area contributed by atoms with Crippen LogP contribution in [0, 0.1) is 6.92 Å². The summed E-state index contributed by atoms with van der Waals surface area (Å²) in [4.78, 5) is 25.5. The highest BCUT2D eigenvalue weighted by atomic mass is 32.1. The summed E-state index contributed by atoms with van der Waals surface area (Å²) in [5.41, 5.74) is 6.10. The first-order valence-electron chi connectivity index (χ1n) is 12.0. The Morgan fingerprint density at radius 2 is 2.03 bits per heavy atom. The van der Waals surface area contributed by atoms with Gasteiger partial charge in [-0.15, -0.1) is 11.3 Å². The minimum atomic E-state index is -2.32. The Morgan fingerprint density at radius 3 is 2.71 bits per heavy atom. The molecule has 0 spiro atoms. The normalized spacial score (nSPS) is 15.8. The highest BCUT2D eigenvalue weighted by Gasteiger charge is 2.29. The van der Waals surface area contributed by atoms with Gasteiger partial charge in [0.25, 0.3) is 12.3 Å². The van der Waals surface area contributed by atoms with Crippen molar-refractivity contribution >= 4 is 33.1 Å². The Hall–Kier alpha value is -2.85. The van der Waals surface area contributed by atoms with E-state index in [9.17, 15) is 13.6 Å². The van der Waals surface area contributed by atoms with Crippen LogP contribution in [0.2, 0.25) is 0 Å². The molecule has 0 atom stereocenters. The van der Waals surface area contributed by atoms with Gasteiger partial charge in [-0.2, -0.15) is 5.10 Å². The van der Waals surface area contributed by atoms with Crippen molar-refractivity contribution in [2.24, 2.45) is 0 Å². The second kappa shape index (κ2) is 9.31. The van der Waals surface area contributed by atoms with E-state index in [2.05, 4.69) is 35.0 Å². The van der Waals surface area contributed by atoms with Gasteiger partial charge in [-0.1, -0.05) is 13.8 Å². The number of H-pyrrole nitrogens is 1. The maximum absolute atomic E-state index is 13.3. The largest absolute Gasteiger partial charge is 0.354 e. The number of nitrogens with one attached hydrogen (secondary N) is 1. The van der Waals surface area contributed by atoms with Crippen LogP contribution in [0.25, 0.3) is 27.1 Å². The smallest absolute Gasteiger partial charge is 0.264 e. The van der Waals surface area contributed by atoms with E-state index in [0.29, 0.717) is 30.8 Å². The van der Waals surface area contributed by atoms with Gasteiger partial charge in [0.2, 0.25) is 0 Å². The van der Waals surface area contributed by atoms with E-state index in [-0.39, 0.29) is 24.4 Å². The van der Waals surface area contributed by atoms with Gasteiger partial charge in [0.15, 0.2) is 5.65 Å². The van der Waals surface area contributed by atoms with Gasteiger partial charge in [-0.25, -0.2) is 18.3 Å². The zero-order chi connectivity index (χ0) is 24.9. The van der Waals surface area contributed by atoms with Gasteiger partial charge >= 0.3 is 0 Å². The van der Waals surface area contributed by atoms with E-state index in [1.807, 2.05) is 26.2 Å². The molecule has 0 bridgehead atoms. The number of aryl methyl sites for hydroxylation is 1. The van der Waals surface area contributed by atoms with E-state index in [1.54, 1.807) is 20.6 Å². The fourth-order valence-electron chi connectivity index (χ4n) is 5.14. The average molecular weight is 501 g/mol. The maximum atomic E-state index is 13.3. The van der Waals surface area contributed by atoms with Gasteiger partial charge in [-0.3, -0.25) is 9.69 Å². The van der Waals surface area contributed by atoms with Crippen LogP contribution < -0.4 is 0 Å². The summed E-state index contributed by atoms with van der Waals surface area (Å²) < 4.78 is 28.2. The summed E-state index contributed by atoms with van der Waals surface area (Å²) in [6.45, 7) is 7.34. The Balaban J connectivity index is 1.41. The molecule has 0 saturated carbocycles. The fourth-order valence-corrected chi connectivity index (χ4v) is 6.43. The molecule has 1 aliphatic rings. The number of carbonyl (C=O) groups is 1. The predicted molar refractivity (Wildman–Crippen MR) is 135 cm³/mol. The number of piperidine rings is 1. The van der Waals surface area contributed by atoms with Gasteiger partial charge in [0.05, 0.1) is 27.3 Å².